The van der Waals surface area contributed by atoms with Crippen LogP contribution in [-0.4, -0.2) is 44.9 Å². The lowest BCUT2D eigenvalue weighted by Gasteiger charge is -2.32. The van der Waals surface area contributed by atoms with Crippen molar-refractivity contribution in [2.24, 2.45) is 0 Å². The van der Waals surface area contributed by atoms with Crippen LogP contribution in [0.5, 0.6) is 0 Å². The highest BCUT2D eigenvalue weighted by Crippen LogP contribution is 2.30. The topological polar surface area (TPSA) is 71.0 Å². The van der Waals surface area contributed by atoms with E-state index in [4.69, 9.17) is 0 Å². The fourth-order valence-electron chi connectivity index (χ4n) is 3.42. The lowest BCUT2D eigenvalue weighted by atomic mass is 10.0. The van der Waals surface area contributed by atoms with Crippen molar-refractivity contribution < 1.29 is 18.0 Å². The van der Waals surface area contributed by atoms with Gasteiger partial charge in [-0.25, -0.2) is 9.97 Å². The quantitative estimate of drug-likeness (QED) is 0.724. The highest BCUT2D eigenvalue weighted by atomic mass is 19.4. The maximum atomic E-state index is 12.9. The molecule has 0 aromatic carbocycles. The van der Waals surface area contributed by atoms with Crippen LogP contribution in [0.4, 0.5) is 19.0 Å². The molecule has 0 aliphatic carbocycles. The first-order valence-electron chi connectivity index (χ1n) is 9.20. The number of pyridine rings is 3. The summed E-state index contributed by atoms with van der Waals surface area (Å²) in [4.78, 5) is 26.2. The van der Waals surface area contributed by atoms with Gasteiger partial charge in [0, 0.05) is 43.1 Å². The molecule has 4 rings (SSSR count). The van der Waals surface area contributed by atoms with Crippen LogP contribution in [0.3, 0.4) is 0 Å². The Morgan fingerprint density at radius 1 is 1.10 bits per heavy atom. The number of fused-ring (bicyclic) bond motifs is 1. The molecule has 0 saturated carbocycles. The van der Waals surface area contributed by atoms with Crippen molar-refractivity contribution >= 4 is 22.6 Å². The Kier molecular flexibility index (Phi) is 5.04. The van der Waals surface area contributed by atoms with Crippen LogP contribution in [0.15, 0.2) is 48.9 Å². The third-order valence-electron chi connectivity index (χ3n) is 4.94. The highest BCUT2D eigenvalue weighted by molar-refractivity contribution is 5.94. The summed E-state index contributed by atoms with van der Waals surface area (Å²) in [6.07, 6.45) is 1.54. The average Bonchev–Trinajstić information content (AvgIpc) is 2.73. The second-order valence-corrected chi connectivity index (χ2v) is 6.87. The Hall–Kier alpha value is -3.23. The number of halogens is 3. The monoisotopic (exact) mass is 401 g/mol. The van der Waals surface area contributed by atoms with E-state index in [2.05, 4.69) is 20.3 Å². The van der Waals surface area contributed by atoms with E-state index in [0.717, 1.165) is 6.07 Å². The summed E-state index contributed by atoms with van der Waals surface area (Å²) in [5, 5.41) is 3.84. The van der Waals surface area contributed by atoms with Crippen molar-refractivity contribution in [1.82, 2.24) is 19.9 Å². The van der Waals surface area contributed by atoms with Crippen molar-refractivity contribution in [1.29, 1.82) is 0 Å². The average molecular weight is 401 g/mol. The molecule has 1 amide bonds. The van der Waals surface area contributed by atoms with Crippen molar-refractivity contribution in [3.05, 3.63) is 60.2 Å². The summed E-state index contributed by atoms with van der Waals surface area (Å²) in [5.41, 5.74) is -0.132. The fourth-order valence-corrected chi connectivity index (χ4v) is 3.42. The minimum Gasteiger partial charge on any atom is -0.367 e. The van der Waals surface area contributed by atoms with E-state index in [-0.39, 0.29) is 17.5 Å². The molecule has 1 saturated heterocycles. The summed E-state index contributed by atoms with van der Waals surface area (Å²) in [7, 11) is 0. The molecule has 3 aromatic rings. The lowest BCUT2D eigenvalue weighted by molar-refractivity contribution is -0.140. The number of hydrogen-bond donors (Lipinski definition) is 1. The van der Waals surface area contributed by atoms with Crippen LogP contribution >= 0.6 is 0 Å². The van der Waals surface area contributed by atoms with Gasteiger partial charge in [-0.2, -0.15) is 13.2 Å². The van der Waals surface area contributed by atoms with Gasteiger partial charge in [-0.1, -0.05) is 0 Å². The number of aromatic nitrogens is 3. The van der Waals surface area contributed by atoms with Gasteiger partial charge in [-0.15, -0.1) is 0 Å². The minimum atomic E-state index is -4.49. The summed E-state index contributed by atoms with van der Waals surface area (Å²) in [5.74, 6) is 0.449. The molecule has 4 heterocycles. The molecule has 1 N–H and O–H groups in total. The SMILES string of the molecule is O=C(c1cccnc1)N1CCC(Nc2nccc3nc(C(F)(F)F)ccc23)CC1. The van der Waals surface area contributed by atoms with Crippen LogP contribution in [0.1, 0.15) is 28.9 Å². The van der Waals surface area contributed by atoms with E-state index < -0.39 is 11.9 Å². The molecule has 1 aliphatic rings. The smallest absolute Gasteiger partial charge is 0.367 e. The molecule has 6 nitrogen and oxygen atoms in total. The number of carbonyl (C=O) groups excluding carboxylic acids is 1. The third-order valence-corrected chi connectivity index (χ3v) is 4.94. The number of alkyl halides is 3. The number of amides is 1. The Bertz CT molecular complexity index is 1020. The molecule has 1 fully saturated rings. The van der Waals surface area contributed by atoms with Crippen LogP contribution in [0, 0.1) is 0 Å². The van der Waals surface area contributed by atoms with Crippen LogP contribution in [0.25, 0.3) is 10.9 Å². The molecule has 0 bridgehead atoms. The number of rotatable bonds is 3. The summed E-state index contributed by atoms with van der Waals surface area (Å²) in [6.45, 7) is 1.15. The Labute approximate surface area is 164 Å². The van der Waals surface area contributed by atoms with Crippen molar-refractivity contribution in [3.63, 3.8) is 0 Å². The normalized spacial score (nSPS) is 15.5. The molecule has 0 atom stereocenters. The molecule has 3 aromatic heterocycles. The predicted molar refractivity (Wildman–Crippen MR) is 101 cm³/mol. The molecule has 29 heavy (non-hydrogen) atoms. The zero-order chi connectivity index (χ0) is 20.4. The van der Waals surface area contributed by atoms with E-state index in [9.17, 15) is 18.0 Å². The van der Waals surface area contributed by atoms with Gasteiger partial charge in [0.05, 0.1) is 11.1 Å². The fraction of sp³-hybridized carbons (Fsp3) is 0.300. The van der Waals surface area contributed by atoms with Gasteiger partial charge in [0.1, 0.15) is 11.5 Å². The molecule has 0 spiro atoms. The second-order valence-electron chi connectivity index (χ2n) is 6.87. The molecule has 150 valence electrons. The van der Waals surface area contributed by atoms with Crippen molar-refractivity contribution in [2.75, 3.05) is 18.4 Å². The largest absolute Gasteiger partial charge is 0.433 e. The van der Waals surface area contributed by atoms with Crippen LogP contribution in [-0.2, 0) is 6.18 Å². The maximum Gasteiger partial charge on any atom is 0.433 e. The Morgan fingerprint density at radius 3 is 2.59 bits per heavy atom. The first kappa shape index (κ1) is 19.1. The van der Waals surface area contributed by atoms with Gasteiger partial charge in [-0.3, -0.25) is 9.78 Å². The summed E-state index contributed by atoms with van der Waals surface area (Å²) < 4.78 is 38.7. The maximum absolute atomic E-state index is 12.9. The van der Waals surface area contributed by atoms with E-state index >= 15 is 0 Å². The summed E-state index contributed by atoms with van der Waals surface area (Å²) in [6, 6.07) is 7.35. The third kappa shape index (κ3) is 4.13. The van der Waals surface area contributed by atoms with Gasteiger partial charge < -0.3 is 10.2 Å². The van der Waals surface area contributed by atoms with Gasteiger partial charge in [0.15, 0.2) is 0 Å². The number of nitrogens with zero attached hydrogens (tertiary/aromatic N) is 4. The van der Waals surface area contributed by atoms with E-state index in [1.165, 1.54) is 18.3 Å². The second kappa shape index (κ2) is 7.65. The number of anilines is 1. The van der Waals surface area contributed by atoms with Crippen LogP contribution < -0.4 is 5.32 Å². The zero-order valence-electron chi connectivity index (χ0n) is 15.4. The van der Waals surface area contributed by atoms with Gasteiger partial charge in [0.2, 0.25) is 0 Å². The van der Waals surface area contributed by atoms with Gasteiger partial charge >= 0.3 is 6.18 Å². The molecule has 0 unspecified atom stereocenters. The van der Waals surface area contributed by atoms with E-state index in [1.807, 2.05) is 0 Å². The van der Waals surface area contributed by atoms with E-state index in [0.29, 0.717) is 42.7 Å². The number of nitrogens with one attached hydrogen (secondary N) is 1. The highest BCUT2D eigenvalue weighted by Gasteiger charge is 2.32. The van der Waals surface area contributed by atoms with E-state index in [1.54, 1.807) is 29.4 Å². The summed E-state index contributed by atoms with van der Waals surface area (Å²) >= 11 is 0. The standard InChI is InChI=1S/C20H18F3N5O/c21-20(22,23)17-4-3-15-16(27-17)5-9-25-18(15)26-14-6-10-28(11-7-14)19(29)13-2-1-8-24-12-13/h1-5,8-9,12,14H,6-7,10-11H2,(H,25,26). The molecular weight excluding hydrogens is 383 g/mol. The first-order chi connectivity index (χ1) is 13.9. The number of hydrogen-bond acceptors (Lipinski definition) is 5. The first-order valence-corrected chi connectivity index (χ1v) is 9.20. The molecule has 0 radical (unpaired) electrons. The van der Waals surface area contributed by atoms with Crippen molar-refractivity contribution in [3.8, 4) is 0 Å². The zero-order valence-corrected chi connectivity index (χ0v) is 15.4. The minimum absolute atomic E-state index is 0.0521. The molecule has 1 aliphatic heterocycles. The van der Waals surface area contributed by atoms with Crippen molar-refractivity contribution in [2.45, 2.75) is 25.1 Å². The Balaban J connectivity index is 1.44. The number of piperidine rings is 1. The van der Waals surface area contributed by atoms with Gasteiger partial charge in [-0.05, 0) is 43.2 Å². The van der Waals surface area contributed by atoms with Gasteiger partial charge in [0.25, 0.3) is 5.91 Å². The number of carbonyl (C=O) groups is 1. The molecule has 9 heteroatoms. The molecular formula is C20H18F3N5O. The number of likely N-dealkylation sites (tertiary alicyclic amines) is 1. The lowest BCUT2D eigenvalue weighted by Crippen LogP contribution is -2.42. The van der Waals surface area contributed by atoms with Crippen LogP contribution in [0.2, 0.25) is 0 Å². The Morgan fingerprint density at radius 2 is 1.90 bits per heavy atom. The predicted octanol–water partition coefficient (Wildman–Crippen LogP) is 3.76.